The molecule has 2 aliphatic rings. The number of halogens is 3. The highest BCUT2D eigenvalue weighted by atomic mass is 35.5. The van der Waals surface area contributed by atoms with Crippen molar-refractivity contribution >= 4 is 42.2 Å². The zero-order valence-electron chi connectivity index (χ0n) is 19.9. The summed E-state index contributed by atoms with van der Waals surface area (Å²) in [5.74, 6) is -1.54. The van der Waals surface area contributed by atoms with Crippen molar-refractivity contribution in [3.05, 3.63) is 101 Å². The summed E-state index contributed by atoms with van der Waals surface area (Å²) in [5, 5.41) is 0. The first-order chi connectivity index (χ1) is 16.6. The molecule has 1 saturated heterocycles. The van der Waals surface area contributed by atoms with Gasteiger partial charge >= 0.3 is 0 Å². The SMILES string of the molecule is Cl.Cl.O=C1C(=O)N(CCCN2CCN(C(c3ccccc3)c3ccccc3)CC2)c2cc(F)ccc21. The highest BCUT2D eigenvalue weighted by molar-refractivity contribution is 6.52. The summed E-state index contributed by atoms with van der Waals surface area (Å²) in [7, 11) is 0. The number of ketones is 1. The molecule has 5 nitrogen and oxygen atoms in total. The molecular weight excluding hydrogens is 500 g/mol. The molecule has 190 valence electrons. The molecule has 36 heavy (non-hydrogen) atoms. The summed E-state index contributed by atoms with van der Waals surface area (Å²) in [6.45, 7) is 5.02. The van der Waals surface area contributed by atoms with Crippen molar-refractivity contribution in [2.75, 3.05) is 44.2 Å². The number of fused-ring (bicyclic) bond motifs is 1. The predicted octanol–water partition coefficient (Wildman–Crippen LogP) is 5.00. The van der Waals surface area contributed by atoms with Crippen LogP contribution in [0.1, 0.15) is 33.9 Å². The normalized spacial score (nSPS) is 16.0. The van der Waals surface area contributed by atoms with Crippen LogP contribution in [0.25, 0.3) is 0 Å². The van der Waals surface area contributed by atoms with Gasteiger partial charge in [-0.25, -0.2) is 4.39 Å². The maximum Gasteiger partial charge on any atom is 0.299 e. The molecule has 3 aromatic rings. The van der Waals surface area contributed by atoms with Crippen LogP contribution < -0.4 is 4.90 Å². The maximum absolute atomic E-state index is 13.7. The summed E-state index contributed by atoms with van der Waals surface area (Å²) in [4.78, 5) is 30.9. The minimum atomic E-state index is -0.556. The first kappa shape index (κ1) is 27.8. The van der Waals surface area contributed by atoms with Crippen LogP contribution in [-0.2, 0) is 4.79 Å². The molecular formula is C28H30Cl2FN3O2. The molecule has 5 rings (SSSR count). The van der Waals surface area contributed by atoms with Gasteiger partial charge in [0.05, 0.1) is 17.3 Å². The van der Waals surface area contributed by atoms with Gasteiger partial charge in [0, 0.05) is 32.7 Å². The maximum atomic E-state index is 13.7. The summed E-state index contributed by atoms with van der Waals surface area (Å²) in [5.41, 5.74) is 3.29. The van der Waals surface area contributed by atoms with Crippen LogP contribution in [0.3, 0.4) is 0 Å². The third kappa shape index (κ3) is 5.79. The average molecular weight is 530 g/mol. The Hall–Kier alpha value is -2.77. The van der Waals surface area contributed by atoms with Crippen molar-refractivity contribution in [2.45, 2.75) is 12.5 Å². The second kappa shape index (κ2) is 12.5. The van der Waals surface area contributed by atoms with Crippen molar-refractivity contribution in [1.29, 1.82) is 0 Å². The van der Waals surface area contributed by atoms with E-state index in [1.54, 1.807) is 0 Å². The summed E-state index contributed by atoms with van der Waals surface area (Å²) >= 11 is 0. The van der Waals surface area contributed by atoms with E-state index in [0.29, 0.717) is 17.8 Å². The summed E-state index contributed by atoms with van der Waals surface area (Å²) in [6.07, 6.45) is 0.732. The van der Waals surface area contributed by atoms with E-state index in [4.69, 9.17) is 0 Å². The minimum Gasteiger partial charge on any atom is -0.305 e. The fourth-order valence-corrected chi connectivity index (χ4v) is 5.07. The Kier molecular flexibility index (Phi) is 9.63. The number of rotatable bonds is 7. The Bertz CT molecular complexity index is 1130. The second-order valence-electron chi connectivity index (χ2n) is 8.90. The first-order valence-corrected chi connectivity index (χ1v) is 11.8. The summed E-state index contributed by atoms with van der Waals surface area (Å²) < 4.78 is 13.7. The lowest BCUT2D eigenvalue weighted by Gasteiger charge is -2.40. The third-order valence-electron chi connectivity index (χ3n) is 6.79. The van der Waals surface area contributed by atoms with Crippen LogP contribution in [-0.4, -0.2) is 60.8 Å². The summed E-state index contributed by atoms with van der Waals surface area (Å²) in [6, 6.07) is 25.4. The van der Waals surface area contributed by atoms with Gasteiger partial charge in [-0.1, -0.05) is 60.7 Å². The van der Waals surface area contributed by atoms with Gasteiger partial charge in [0.25, 0.3) is 11.7 Å². The molecule has 2 aliphatic heterocycles. The van der Waals surface area contributed by atoms with Gasteiger partial charge in [-0.15, -0.1) is 24.8 Å². The number of benzene rings is 3. The number of carbonyl (C=O) groups is 2. The number of amides is 1. The van der Waals surface area contributed by atoms with Crippen molar-refractivity contribution in [3.8, 4) is 0 Å². The van der Waals surface area contributed by atoms with Crippen LogP contribution >= 0.6 is 24.8 Å². The van der Waals surface area contributed by atoms with Crippen LogP contribution in [0.5, 0.6) is 0 Å². The molecule has 1 amide bonds. The minimum absolute atomic E-state index is 0. The highest BCUT2D eigenvalue weighted by Crippen LogP contribution is 2.31. The molecule has 0 spiro atoms. The average Bonchev–Trinajstić information content (AvgIpc) is 3.10. The molecule has 0 saturated carbocycles. The number of carbonyl (C=O) groups excluding carboxylic acids is 2. The van der Waals surface area contributed by atoms with Crippen molar-refractivity contribution in [3.63, 3.8) is 0 Å². The molecule has 0 unspecified atom stereocenters. The van der Waals surface area contributed by atoms with Gasteiger partial charge in [0.1, 0.15) is 5.82 Å². The van der Waals surface area contributed by atoms with Crippen LogP contribution in [0, 0.1) is 5.82 Å². The van der Waals surface area contributed by atoms with E-state index in [1.807, 2.05) is 0 Å². The van der Waals surface area contributed by atoms with Crippen molar-refractivity contribution in [2.24, 2.45) is 0 Å². The van der Waals surface area contributed by atoms with Crippen LogP contribution in [0.4, 0.5) is 10.1 Å². The Morgan fingerprint density at radius 3 is 1.92 bits per heavy atom. The molecule has 0 N–H and O–H groups in total. The Morgan fingerprint density at radius 1 is 0.750 bits per heavy atom. The van der Waals surface area contributed by atoms with Gasteiger partial charge in [-0.05, 0) is 42.3 Å². The van der Waals surface area contributed by atoms with Gasteiger partial charge in [0.15, 0.2) is 0 Å². The first-order valence-electron chi connectivity index (χ1n) is 11.8. The lowest BCUT2D eigenvalue weighted by atomic mass is 9.96. The van der Waals surface area contributed by atoms with Crippen LogP contribution in [0.2, 0.25) is 0 Å². The third-order valence-corrected chi connectivity index (χ3v) is 6.79. The monoisotopic (exact) mass is 529 g/mol. The zero-order chi connectivity index (χ0) is 23.5. The van der Waals surface area contributed by atoms with E-state index in [-0.39, 0.29) is 30.9 Å². The lowest BCUT2D eigenvalue weighted by molar-refractivity contribution is -0.114. The standard InChI is InChI=1S/C28H28FN3O2.2ClH/c29-23-12-13-24-25(20-23)32(28(34)27(24)33)15-7-14-30-16-18-31(19-17-30)26(21-8-3-1-4-9-21)22-10-5-2-6-11-22;;/h1-6,8-13,20,26H,7,14-19H2;2*1H. The van der Waals surface area contributed by atoms with E-state index in [0.717, 1.165) is 39.1 Å². The largest absolute Gasteiger partial charge is 0.305 e. The number of hydrogen-bond donors (Lipinski definition) is 0. The number of piperazine rings is 1. The van der Waals surface area contributed by atoms with E-state index in [9.17, 15) is 14.0 Å². The Morgan fingerprint density at radius 2 is 1.33 bits per heavy atom. The zero-order valence-corrected chi connectivity index (χ0v) is 21.5. The number of hydrogen-bond acceptors (Lipinski definition) is 4. The number of anilines is 1. The van der Waals surface area contributed by atoms with Gasteiger partial charge in [-0.2, -0.15) is 0 Å². The molecule has 0 atom stereocenters. The topological polar surface area (TPSA) is 43.9 Å². The Labute approximate surface area is 223 Å². The lowest BCUT2D eigenvalue weighted by Crippen LogP contribution is -2.48. The quantitative estimate of drug-likeness (QED) is 0.404. The van der Waals surface area contributed by atoms with Gasteiger partial charge < -0.3 is 9.80 Å². The fraction of sp³-hybridized carbons (Fsp3) is 0.286. The molecule has 2 heterocycles. The Balaban J connectivity index is 0.00000180. The second-order valence-corrected chi connectivity index (χ2v) is 8.90. The molecule has 1 fully saturated rings. The molecule has 0 radical (unpaired) electrons. The van der Waals surface area contributed by atoms with E-state index >= 15 is 0 Å². The molecule has 3 aromatic carbocycles. The molecule has 0 aromatic heterocycles. The van der Waals surface area contributed by atoms with Crippen molar-refractivity contribution in [1.82, 2.24) is 9.80 Å². The predicted molar refractivity (Wildman–Crippen MR) is 145 cm³/mol. The molecule has 8 heteroatoms. The fourth-order valence-electron chi connectivity index (χ4n) is 5.07. The molecule has 0 aliphatic carbocycles. The molecule has 0 bridgehead atoms. The van der Waals surface area contributed by atoms with Crippen molar-refractivity contribution < 1.29 is 14.0 Å². The van der Waals surface area contributed by atoms with Gasteiger partial charge in [-0.3, -0.25) is 14.5 Å². The highest BCUT2D eigenvalue weighted by Gasteiger charge is 2.35. The van der Waals surface area contributed by atoms with E-state index in [2.05, 4.69) is 70.5 Å². The van der Waals surface area contributed by atoms with E-state index in [1.165, 1.54) is 34.2 Å². The van der Waals surface area contributed by atoms with Gasteiger partial charge in [0.2, 0.25) is 0 Å². The smallest absolute Gasteiger partial charge is 0.299 e. The van der Waals surface area contributed by atoms with Crippen LogP contribution in [0.15, 0.2) is 78.9 Å². The van der Waals surface area contributed by atoms with E-state index < -0.39 is 17.5 Å². The number of nitrogens with zero attached hydrogens (tertiary/aromatic N) is 3. The number of Topliss-reactive ketones (excluding diaryl/α,β-unsaturated/α-hetero) is 1.